The van der Waals surface area contributed by atoms with Crippen LogP contribution >= 0.6 is 11.6 Å². The Bertz CT molecular complexity index is 593. The number of imide groups is 1. The first-order chi connectivity index (χ1) is 9.29. The van der Waals surface area contributed by atoms with E-state index in [1.165, 1.54) is 4.90 Å². The number of fused-ring (bicyclic) bond motifs is 2. The van der Waals surface area contributed by atoms with E-state index in [0.717, 1.165) is 12.8 Å². The van der Waals surface area contributed by atoms with E-state index in [2.05, 4.69) is 0 Å². The lowest BCUT2D eigenvalue weighted by Gasteiger charge is -2.47. The molecule has 1 heterocycles. The van der Waals surface area contributed by atoms with E-state index in [-0.39, 0.29) is 23.1 Å². The molecule has 2 bridgehead atoms. The summed E-state index contributed by atoms with van der Waals surface area (Å²) in [7, 11) is 0. The minimum absolute atomic E-state index is 0.0719. The SMILES string of the molecule is CC1(C)[C@@H]2CC[C@@]1(C)C(=O)N(c1ccc(Cl)cc1)C2=O. The molecular formula is C16H18ClNO2. The number of anilines is 1. The lowest BCUT2D eigenvalue weighted by Crippen LogP contribution is -2.59. The van der Waals surface area contributed by atoms with E-state index in [1.807, 2.05) is 20.8 Å². The average Bonchev–Trinajstić information content (AvgIpc) is 2.57. The first-order valence-corrected chi connectivity index (χ1v) is 7.31. The molecule has 0 N–H and O–H groups in total. The van der Waals surface area contributed by atoms with Crippen molar-refractivity contribution in [1.82, 2.24) is 0 Å². The number of carbonyl (C=O) groups excluding carboxylic acids is 2. The van der Waals surface area contributed by atoms with Gasteiger partial charge in [-0.15, -0.1) is 0 Å². The molecule has 2 fully saturated rings. The molecule has 106 valence electrons. The maximum atomic E-state index is 12.9. The first kappa shape index (κ1) is 13.6. The summed E-state index contributed by atoms with van der Waals surface area (Å²) >= 11 is 5.88. The molecule has 4 heteroatoms. The van der Waals surface area contributed by atoms with Gasteiger partial charge in [0.25, 0.3) is 0 Å². The summed E-state index contributed by atoms with van der Waals surface area (Å²) in [5.74, 6) is -0.234. The van der Waals surface area contributed by atoms with E-state index in [0.29, 0.717) is 10.7 Å². The highest BCUT2D eigenvalue weighted by molar-refractivity contribution is 6.30. The van der Waals surface area contributed by atoms with Gasteiger partial charge < -0.3 is 0 Å². The molecule has 20 heavy (non-hydrogen) atoms. The average molecular weight is 292 g/mol. The zero-order valence-corrected chi connectivity index (χ0v) is 12.7. The number of halogens is 1. The Morgan fingerprint density at radius 1 is 1.15 bits per heavy atom. The third kappa shape index (κ3) is 1.53. The molecule has 1 saturated heterocycles. The molecular weight excluding hydrogens is 274 g/mol. The lowest BCUT2D eigenvalue weighted by molar-refractivity contribution is -0.146. The third-order valence-corrected chi connectivity index (χ3v) is 5.76. The van der Waals surface area contributed by atoms with Crippen LogP contribution in [0.15, 0.2) is 24.3 Å². The minimum Gasteiger partial charge on any atom is -0.274 e. The summed E-state index contributed by atoms with van der Waals surface area (Å²) < 4.78 is 0. The zero-order valence-electron chi connectivity index (χ0n) is 11.9. The number of amides is 2. The fraction of sp³-hybridized carbons (Fsp3) is 0.500. The number of hydrogen-bond donors (Lipinski definition) is 0. The van der Waals surface area contributed by atoms with Crippen molar-refractivity contribution in [3.63, 3.8) is 0 Å². The van der Waals surface area contributed by atoms with Gasteiger partial charge in [-0.3, -0.25) is 9.59 Å². The molecule has 0 unspecified atom stereocenters. The number of piperidine rings is 1. The second-order valence-corrected chi connectivity index (χ2v) is 7.04. The summed E-state index contributed by atoms with van der Waals surface area (Å²) in [5.41, 5.74) is -0.118. The van der Waals surface area contributed by atoms with Crippen molar-refractivity contribution in [2.45, 2.75) is 33.6 Å². The van der Waals surface area contributed by atoms with E-state index >= 15 is 0 Å². The van der Waals surface area contributed by atoms with E-state index < -0.39 is 5.41 Å². The second kappa shape index (κ2) is 4.08. The molecule has 1 aromatic carbocycles. The molecule has 3 rings (SSSR count). The molecule has 1 aliphatic carbocycles. The highest BCUT2D eigenvalue weighted by Crippen LogP contribution is 2.60. The van der Waals surface area contributed by atoms with Gasteiger partial charge in [0.05, 0.1) is 11.1 Å². The Morgan fingerprint density at radius 3 is 2.35 bits per heavy atom. The highest BCUT2D eigenvalue weighted by Gasteiger charge is 2.64. The fourth-order valence-electron chi connectivity index (χ4n) is 3.65. The maximum Gasteiger partial charge on any atom is 0.240 e. The molecule has 0 spiro atoms. The van der Waals surface area contributed by atoms with Crippen LogP contribution in [0.25, 0.3) is 0 Å². The zero-order chi connectivity index (χ0) is 14.7. The monoisotopic (exact) mass is 291 g/mol. The number of benzene rings is 1. The number of carbonyl (C=O) groups is 2. The van der Waals surface area contributed by atoms with Crippen molar-refractivity contribution in [2.24, 2.45) is 16.7 Å². The van der Waals surface area contributed by atoms with Gasteiger partial charge >= 0.3 is 0 Å². The Labute approximate surface area is 123 Å². The van der Waals surface area contributed by atoms with Gasteiger partial charge in [-0.05, 0) is 42.5 Å². The van der Waals surface area contributed by atoms with E-state index in [9.17, 15) is 9.59 Å². The van der Waals surface area contributed by atoms with Crippen molar-refractivity contribution in [3.8, 4) is 0 Å². The molecule has 0 aromatic heterocycles. The van der Waals surface area contributed by atoms with Gasteiger partial charge in [0.1, 0.15) is 0 Å². The Hall–Kier alpha value is -1.35. The van der Waals surface area contributed by atoms with Gasteiger partial charge in [0.15, 0.2) is 0 Å². The van der Waals surface area contributed by atoms with Crippen molar-refractivity contribution in [1.29, 1.82) is 0 Å². The van der Waals surface area contributed by atoms with Gasteiger partial charge in [-0.1, -0.05) is 32.4 Å². The minimum atomic E-state index is -0.467. The van der Waals surface area contributed by atoms with Crippen molar-refractivity contribution in [3.05, 3.63) is 29.3 Å². The van der Waals surface area contributed by atoms with Crippen LogP contribution < -0.4 is 4.90 Å². The van der Waals surface area contributed by atoms with Crippen LogP contribution in [0.3, 0.4) is 0 Å². The molecule has 1 aliphatic heterocycles. The van der Waals surface area contributed by atoms with Crippen molar-refractivity contribution in [2.75, 3.05) is 4.90 Å². The Kier molecular flexibility index (Phi) is 2.78. The second-order valence-electron chi connectivity index (χ2n) is 6.60. The van der Waals surface area contributed by atoms with Crippen LogP contribution in [0.5, 0.6) is 0 Å². The highest BCUT2D eigenvalue weighted by atomic mass is 35.5. The standard InChI is InChI=1S/C16H18ClNO2/c1-15(2)12-8-9-16(15,3)14(20)18(13(12)19)11-6-4-10(17)5-7-11/h4-7,12H,8-9H2,1-3H3/t12-,16+/m1/s1. The summed E-state index contributed by atoms with van der Waals surface area (Å²) in [6, 6.07) is 6.89. The van der Waals surface area contributed by atoms with Gasteiger partial charge in [0.2, 0.25) is 11.8 Å². The lowest BCUT2D eigenvalue weighted by atomic mass is 9.62. The Morgan fingerprint density at radius 2 is 1.75 bits per heavy atom. The molecule has 0 radical (unpaired) electrons. The number of rotatable bonds is 1. The molecule has 1 aromatic rings. The summed E-state index contributed by atoms with van der Waals surface area (Å²) in [5, 5.41) is 0.597. The van der Waals surface area contributed by atoms with Crippen LogP contribution in [0.4, 0.5) is 5.69 Å². The van der Waals surface area contributed by atoms with Crippen molar-refractivity contribution >= 4 is 29.1 Å². The van der Waals surface area contributed by atoms with Crippen LogP contribution in [-0.4, -0.2) is 11.8 Å². The molecule has 2 amide bonds. The Balaban J connectivity index is 2.09. The normalized spacial score (nSPS) is 31.8. The smallest absolute Gasteiger partial charge is 0.240 e. The van der Waals surface area contributed by atoms with Gasteiger partial charge in [0, 0.05) is 10.9 Å². The first-order valence-electron chi connectivity index (χ1n) is 6.93. The van der Waals surface area contributed by atoms with Gasteiger partial charge in [-0.25, -0.2) is 4.90 Å². The number of nitrogens with zero attached hydrogens (tertiary/aromatic N) is 1. The fourth-order valence-corrected chi connectivity index (χ4v) is 3.78. The summed E-state index contributed by atoms with van der Waals surface area (Å²) in [6.45, 7) is 6.07. The quantitative estimate of drug-likeness (QED) is 0.741. The predicted molar refractivity (Wildman–Crippen MR) is 78.6 cm³/mol. The summed E-state index contributed by atoms with van der Waals surface area (Å²) in [4.78, 5) is 27.0. The van der Waals surface area contributed by atoms with E-state index in [4.69, 9.17) is 11.6 Å². The van der Waals surface area contributed by atoms with Gasteiger partial charge in [-0.2, -0.15) is 0 Å². The predicted octanol–water partition coefficient (Wildman–Crippen LogP) is 3.66. The van der Waals surface area contributed by atoms with Crippen molar-refractivity contribution < 1.29 is 9.59 Å². The molecule has 3 nitrogen and oxygen atoms in total. The molecule has 1 saturated carbocycles. The molecule has 2 atom stereocenters. The topological polar surface area (TPSA) is 37.4 Å². The number of hydrogen-bond acceptors (Lipinski definition) is 2. The maximum absolute atomic E-state index is 12.9. The molecule has 2 aliphatic rings. The van der Waals surface area contributed by atoms with Crippen LogP contribution in [-0.2, 0) is 9.59 Å². The van der Waals surface area contributed by atoms with Crippen LogP contribution in [0.1, 0.15) is 33.6 Å². The van der Waals surface area contributed by atoms with Crippen LogP contribution in [0.2, 0.25) is 5.02 Å². The van der Waals surface area contributed by atoms with Crippen LogP contribution in [0, 0.1) is 16.7 Å². The third-order valence-electron chi connectivity index (χ3n) is 5.50. The largest absolute Gasteiger partial charge is 0.274 e. The summed E-state index contributed by atoms with van der Waals surface area (Å²) in [6.07, 6.45) is 1.57. The van der Waals surface area contributed by atoms with E-state index in [1.54, 1.807) is 24.3 Å².